The molecular weight excluding hydrogens is 344 g/mol. The van der Waals surface area contributed by atoms with E-state index >= 15 is 0 Å². The maximum absolute atomic E-state index is 11.9. The zero-order chi connectivity index (χ0) is 19.0. The van der Waals surface area contributed by atoms with Crippen LogP contribution in [0.3, 0.4) is 0 Å². The van der Waals surface area contributed by atoms with Gasteiger partial charge in [0.2, 0.25) is 0 Å². The first-order valence-corrected chi connectivity index (χ1v) is 8.90. The highest BCUT2D eigenvalue weighted by molar-refractivity contribution is 6.34. The van der Waals surface area contributed by atoms with Crippen molar-refractivity contribution in [2.45, 2.75) is 27.7 Å². The van der Waals surface area contributed by atoms with Crippen molar-refractivity contribution in [3.05, 3.63) is 81.4 Å². The molecular formula is C23H21ClO2. The van der Waals surface area contributed by atoms with Crippen LogP contribution < -0.4 is 0 Å². The molecule has 0 aliphatic rings. The predicted molar refractivity (Wildman–Crippen MR) is 108 cm³/mol. The van der Waals surface area contributed by atoms with E-state index in [1.807, 2.05) is 30.3 Å². The lowest BCUT2D eigenvalue weighted by atomic mass is 9.81. The smallest absolute Gasteiger partial charge is 0.337 e. The lowest BCUT2D eigenvalue weighted by molar-refractivity contribution is 0.0698. The number of halogens is 1. The van der Waals surface area contributed by atoms with Crippen molar-refractivity contribution in [3.8, 4) is 22.3 Å². The van der Waals surface area contributed by atoms with Crippen LogP contribution in [0.25, 0.3) is 22.3 Å². The van der Waals surface area contributed by atoms with Gasteiger partial charge in [0.25, 0.3) is 0 Å². The van der Waals surface area contributed by atoms with Crippen molar-refractivity contribution >= 4 is 17.6 Å². The Labute approximate surface area is 159 Å². The molecule has 0 amide bonds. The normalized spacial score (nSPS) is 10.8. The summed E-state index contributed by atoms with van der Waals surface area (Å²) in [7, 11) is 0. The number of carboxylic acid groups (broad SMARTS) is 1. The summed E-state index contributed by atoms with van der Waals surface area (Å²) in [6.45, 7) is 8.35. The predicted octanol–water partition coefficient (Wildman–Crippen LogP) is 6.61. The summed E-state index contributed by atoms with van der Waals surface area (Å²) in [4.78, 5) is 11.9. The topological polar surface area (TPSA) is 37.3 Å². The first-order chi connectivity index (χ1) is 12.3. The number of aromatic carboxylic acids is 1. The summed E-state index contributed by atoms with van der Waals surface area (Å²) < 4.78 is 0. The second kappa shape index (κ2) is 6.97. The van der Waals surface area contributed by atoms with Gasteiger partial charge in [0, 0.05) is 0 Å². The van der Waals surface area contributed by atoms with Gasteiger partial charge in [0.05, 0.1) is 10.6 Å². The average Bonchev–Trinajstić information content (AvgIpc) is 2.63. The van der Waals surface area contributed by atoms with Crippen molar-refractivity contribution < 1.29 is 9.90 Å². The highest BCUT2D eigenvalue weighted by Gasteiger charge is 2.23. The molecule has 132 valence electrons. The maximum Gasteiger partial charge on any atom is 0.337 e. The van der Waals surface area contributed by atoms with Crippen LogP contribution in [0.1, 0.15) is 32.6 Å². The average molecular weight is 365 g/mol. The van der Waals surface area contributed by atoms with Crippen molar-refractivity contribution in [3.63, 3.8) is 0 Å². The Hall–Kier alpha value is -2.58. The summed E-state index contributed by atoms with van der Waals surface area (Å²) >= 11 is 6.25. The molecule has 0 radical (unpaired) electrons. The number of benzene rings is 3. The summed E-state index contributed by atoms with van der Waals surface area (Å²) in [5.74, 6) is -1.01. The van der Waals surface area contributed by atoms with Crippen molar-refractivity contribution in [2.75, 3.05) is 0 Å². The van der Waals surface area contributed by atoms with Crippen molar-refractivity contribution in [1.29, 1.82) is 0 Å². The molecule has 2 nitrogen and oxygen atoms in total. The standard InChI is InChI=1S/C23H21ClO2/c1-13-14(2)16(4)21(18-11-8-12-19(24)22(18)23(25)26)20(15(13)3)17-9-6-5-7-10-17/h5-12H,1-4H3,(H,25,26). The van der Waals surface area contributed by atoms with Gasteiger partial charge < -0.3 is 5.11 Å². The molecule has 0 bridgehead atoms. The number of carbonyl (C=O) groups is 1. The fourth-order valence-electron chi connectivity index (χ4n) is 3.56. The minimum atomic E-state index is -1.01. The van der Waals surface area contributed by atoms with Gasteiger partial charge in [0.1, 0.15) is 0 Å². The van der Waals surface area contributed by atoms with Gasteiger partial charge in [0.15, 0.2) is 0 Å². The molecule has 0 spiro atoms. The molecule has 0 saturated carbocycles. The van der Waals surface area contributed by atoms with E-state index in [4.69, 9.17) is 11.6 Å². The van der Waals surface area contributed by atoms with Gasteiger partial charge in [-0.25, -0.2) is 4.79 Å². The van der Waals surface area contributed by atoms with E-state index in [0.717, 1.165) is 27.8 Å². The molecule has 0 heterocycles. The first kappa shape index (κ1) is 18.2. The lowest BCUT2D eigenvalue weighted by Gasteiger charge is -2.23. The van der Waals surface area contributed by atoms with Crippen LogP contribution >= 0.6 is 11.6 Å². The molecule has 0 aromatic heterocycles. The van der Waals surface area contributed by atoms with Crippen molar-refractivity contribution in [2.24, 2.45) is 0 Å². The van der Waals surface area contributed by atoms with Crippen LogP contribution in [0, 0.1) is 27.7 Å². The van der Waals surface area contributed by atoms with Gasteiger partial charge in [-0.1, -0.05) is 54.1 Å². The molecule has 0 aliphatic carbocycles. The Balaban J connectivity index is 2.51. The third-order valence-electron chi connectivity index (χ3n) is 5.25. The monoisotopic (exact) mass is 364 g/mol. The Kier molecular flexibility index (Phi) is 4.88. The minimum absolute atomic E-state index is 0.150. The zero-order valence-corrected chi connectivity index (χ0v) is 16.1. The SMILES string of the molecule is Cc1c(C)c(C)c(-c2cccc(Cl)c2C(=O)O)c(-c2ccccc2)c1C. The van der Waals surface area contributed by atoms with E-state index in [0.29, 0.717) is 5.56 Å². The van der Waals surface area contributed by atoms with Crippen LogP contribution in [-0.2, 0) is 0 Å². The van der Waals surface area contributed by atoms with E-state index in [-0.39, 0.29) is 10.6 Å². The molecule has 3 rings (SSSR count). The van der Waals surface area contributed by atoms with Crippen LogP contribution in [0.4, 0.5) is 0 Å². The zero-order valence-electron chi connectivity index (χ0n) is 15.4. The van der Waals surface area contributed by atoms with E-state index in [9.17, 15) is 9.90 Å². The Morgan fingerprint density at radius 3 is 1.92 bits per heavy atom. The second-order valence-corrected chi connectivity index (χ2v) is 6.99. The number of hydrogen-bond donors (Lipinski definition) is 1. The van der Waals surface area contributed by atoms with E-state index in [1.54, 1.807) is 6.07 Å². The van der Waals surface area contributed by atoms with Crippen molar-refractivity contribution in [1.82, 2.24) is 0 Å². The van der Waals surface area contributed by atoms with Gasteiger partial charge in [-0.2, -0.15) is 0 Å². The lowest BCUT2D eigenvalue weighted by Crippen LogP contribution is -2.05. The van der Waals surface area contributed by atoms with Gasteiger partial charge >= 0.3 is 5.97 Å². The summed E-state index contributed by atoms with van der Waals surface area (Å²) in [5.41, 5.74) is 8.53. The Morgan fingerprint density at radius 1 is 0.769 bits per heavy atom. The molecule has 0 atom stereocenters. The number of rotatable bonds is 3. The molecule has 0 fully saturated rings. The fourth-order valence-corrected chi connectivity index (χ4v) is 3.82. The summed E-state index contributed by atoms with van der Waals surface area (Å²) in [6.07, 6.45) is 0. The first-order valence-electron chi connectivity index (χ1n) is 8.52. The molecule has 3 aromatic carbocycles. The second-order valence-electron chi connectivity index (χ2n) is 6.58. The minimum Gasteiger partial charge on any atom is -0.478 e. The quantitative estimate of drug-likeness (QED) is 0.568. The molecule has 3 heteroatoms. The Bertz CT molecular complexity index is 1000. The highest BCUT2D eigenvalue weighted by atomic mass is 35.5. The molecule has 26 heavy (non-hydrogen) atoms. The Morgan fingerprint density at radius 2 is 1.35 bits per heavy atom. The van der Waals surface area contributed by atoms with Crippen LogP contribution in [0.2, 0.25) is 5.02 Å². The molecule has 0 unspecified atom stereocenters. The maximum atomic E-state index is 11.9. The molecule has 3 aromatic rings. The summed E-state index contributed by atoms with van der Waals surface area (Å²) in [5, 5.41) is 10.0. The van der Waals surface area contributed by atoms with E-state index < -0.39 is 5.97 Å². The highest BCUT2D eigenvalue weighted by Crippen LogP contribution is 2.43. The molecule has 0 saturated heterocycles. The van der Waals surface area contributed by atoms with Gasteiger partial charge in [-0.3, -0.25) is 0 Å². The third-order valence-corrected chi connectivity index (χ3v) is 5.56. The van der Waals surface area contributed by atoms with Gasteiger partial charge in [-0.15, -0.1) is 0 Å². The molecule has 1 N–H and O–H groups in total. The number of hydrogen-bond acceptors (Lipinski definition) is 1. The van der Waals surface area contributed by atoms with Crippen LogP contribution in [-0.4, -0.2) is 11.1 Å². The van der Waals surface area contributed by atoms with Crippen LogP contribution in [0.5, 0.6) is 0 Å². The number of carboxylic acids is 1. The van der Waals surface area contributed by atoms with Crippen LogP contribution in [0.15, 0.2) is 48.5 Å². The van der Waals surface area contributed by atoms with Gasteiger partial charge in [-0.05, 0) is 78.3 Å². The summed E-state index contributed by atoms with van der Waals surface area (Å²) in [6, 6.07) is 15.4. The van der Waals surface area contributed by atoms with E-state index in [1.165, 1.54) is 11.1 Å². The third kappa shape index (κ3) is 2.91. The van der Waals surface area contributed by atoms with E-state index in [2.05, 4.69) is 39.8 Å². The largest absolute Gasteiger partial charge is 0.478 e. The fraction of sp³-hybridized carbons (Fsp3) is 0.174. The molecule has 0 aliphatic heterocycles.